The summed E-state index contributed by atoms with van der Waals surface area (Å²) in [5.74, 6) is 1.00. The molecule has 0 atom stereocenters. The van der Waals surface area contributed by atoms with Crippen LogP contribution in [0.3, 0.4) is 0 Å². The highest BCUT2D eigenvalue weighted by Gasteiger charge is 2.27. The van der Waals surface area contributed by atoms with Gasteiger partial charge in [0, 0.05) is 24.2 Å². The number of anilines is 2. The number of halogens is 1. The SMILES string of the molecule is Cc1cc(Nc2cnc(C3CC3)cn2)ncc1-c1ccc(F)c2c1CNC2=O. The highest BCUT2D eigenvalue weighted by Crippen LogP contribution is 2.38. The molecule has 5 rings (SSSR count). The summed E-state index contributed by atoms with van der Waals surface area (Å²) in [6, 6.07) is 4.95. The molecule has 6 nitrogen and oxygen atoms in total. The zero-order chi connectivity index (χ0) is 19.3. The Labute approximate surface area is 161 Å². The third-order valence-electron chi connectivity index (χ3n) is 5.24. The van der Waals surface area contributed by atoms with Crippen LogP contribution in [0.4, 0.5) is 16.0 Å². The highest BCUT2D eigenvalue weighted by molar-refractivity contribution is 6.01. The van der Waals surface area contributed by atoms with Gasteiger partial charge in [0.1, 0.15) is 17.5 Å². The highest BCUT2D eigenvalue weighted by atomic mass is 19.1. The maximum absolute atomic E-state index is 14.0. The summed E-state index contributed by atoms with van der Waals surface area (Å²) in [7, 11) is 0. The lowest BCUT2D eigenvalue weighted by molar-refractivity contribution is 0.0962. The Hall–Kier alpha value is -3.35. The van der Waals surface area contributed by atoms with Gasteiger partial charge in [-0.05, 0) is 48.6 Å². The van der Waals surface area contributed by atoms with Crippen molar-refractivity contribution in [3.8, 4) is 11.1 Å². The van der Waals surface area contributed by atoms with Crippen LogP contribution < -0.4 is 10.6 Å². The van der Waals surface area contributed by atoms with Crippen LogP contribution in [0, 0.1) is 12.7 Å². The number of hydrogen-bond acceptors (Lipinski definition) is 5. The lowest BCUT2D eigenvalue weighted by Gasteiger charge is -2.12. The third-order valence-corrected chi connectivity index (χ3v) is 5.24. The fourth-order valence-electron chi connectivity index (χ4n) is 3.59. The quantitative estimate of drug-likeness (QED) is 0.724. The third kappa shape index (κ3) is 2.89. The molecule has 2 aromatic heterocycles. The summed E-state index contributed by atoms with van der Waals surface area (Å²) in [6.07, 6.45) is 7.66. The van der Waals surface area contributed by atoms with E-state index < -0.39 is 5.82 Å². The molecular formula is C21H18FN5O. The Bertz CT molecular complexity index is 1090. The lowest BCUT2D eigenvalue weighted by atomic mass is 9.95. The van der Waals surface area contributed by atoms with E-state index in [1.54, 1.807) is 18.5 Å². The van der Waals surface area contributed by atoms with Crippen molar-refractivity contribution in [1.29, 1.82) is 0 Å². The van der Waals surface area contributed by atoms with Gasteiger partial charge in [-0.25, -0.2) is 14.4 Å². The van der Waals surface area contributed by atoms with Crippen molar-refractivity contribution in [2.45, 2.75) is 32.2 Å². The van der Waals surface area contributed by atoms with Crippen LogP contribution in [0.2, 0.25) is 0 Å². The van der Waals surface area contributed by atoms with Crippen LogP contribution in [0.5, 0.6) is 0 Å². The summed E-state index contributed by atoms with van der Waals surface area (Å²) < 4.78 is 14.0. The second-order valence-electron chi connectivity index (χ2n) is 7.24. The summed E-state index contributed by atoms with van der Waals surface area (Å²) >= 11 is 0. The number of amides is 1. The minimum Gasteiger partial charge on any atom is -0.348 e. The molecule has 1 fully saturated rings. The predicted molar refractivity (Wildman–Crippen MR) is 103 cm³/mol. The Morgan fingerprint density at radius 1 is 1.07 bits per heavy atom. The Morgan fingerprint density at radius 2 is 1.89 bits per heavy atom. The summed E-state index contributed by atoms with van der Waals surface area (Å²) in [5.41, 5.74) is 4.50. The number of aromatic nitrogens is 3. The molecule has 2 aliphatic rings. The summed E-state index contributed by atoms with van der Waals surface area (Å²) in [6.45, 7) is 2.29. The van der Waals surface area contributed by atoms with Gasteiger partial charge >= 0.3 is 0 Å². The van der Waals surface area contributed by atoms with Gasteiger partial charge < -0.3 is 10.6 Å². The van der Waals surface area contributed by atoms with Gasteiger partial charge in [-0.15, -0.1) is 0 Å². The zero-order valence-electron chi connectivity index (χ0n) is 15.3. The van der Waals surface area contributed by atoms with Crippen molar-refractivity contribution in [2.24, 2.45) is 0 Å². The van der Waals surface area contributed by atoms with Crippen LogP contribution in [-0.4, -0.2) is 20.9 Å². The first-order valence-corrected chi connectivity index (χ1v) is 9.25. The van der Waals surface area contributed by atoms with E-state index in [9.17, 15) is 9.18 Å². The van der Waals surface area contributed by atoms with Gasteiger partial charge in [-0.3, -0.25) is 9.78 Å². The average molecular weight is 375 g/mol. The predicted octanol–water partition coefficient (Wildman–Crippen LogP) is 3.85. The number of nitrogens with one attached hydrogen (secondary N) is 2. The zero-order valence-corrected chi connectivity index (χ0v) is 15.3. The fraction of sp³-hybridized carbons (Fsp3) is 0.238. The van der Waals surface area contributed by atoms with E-state index in [4.69, 9.17) is 0 Å². The van der Waals surface area contributed by atoms with Gasteiger partial charge in [-0.1, -0.05) is 6.07 Å². The Morgan fingerprint density at radius 3 is 2.61 bits per heavy atom. The first kappa shape index (κ1) is 16.8. The molecule has 0 bridgehead atoms. The summed E-state index contributed by atoms with van der Waals surface area (Å²) in [4.78, 5) is 25.2. The molecule has 0 saturated heterocycles. The molecule has 1 amide bonds. The molecule has 28 heavy (non-hydrogen) atoms. The molecule has 1 aliphatic carbocycles. The monoisotopic (exact) mass is 375 g/mol. The molecule has 1 saturated carbocycles. The average Bonchev–Trinajstić information content (AvgIpc) is 3.46. The lowest BCUT2D eigenvalue weighted by Crippen LogP contribution is -2.13. The first-order chi connectivity index (χ1) is 13.6. The minimum atomic E-state index is -0.495. The number of nitrogens with zero attached hydrogens (tertiary/aromatic N) is 3. The molecule has 0 spiro atoms. The van der Waals surface area contributed by atoms with Crippen molar-refractivity contribution >= 4 is 17.5 Å². The number of carbonyl (C=O) groups excluding carboxylic acids is 1. The van der Waals surface area contributed by atoms with Crippen molar-refractivity contribution in [1.82, 2.24) is 20.3 Å². The molecule has 1 aromatic carbocycles. The molecule has 0 unspecified atom stereocenters. The van der Waals surface area contributed by atoms with Crippen LogP contribution in [0.1, 0.15) is 45.9 Å². The molecular weight excluding hydrogens is 357 g/mol. The van der Waals surface area contributed by atoms with Crippen molar-refractivity contribution in [3.63, 3.8) is 0 Å². The fourth-order valence-corrected chi connectivity index (χ4v) is 3.59. The van der Waals surface area contributed by atoms with E-state index in [1.165, 1.54) is 18.9 Å². The second kappa shape index (κ2) is 6.37. The van der Waals surface area contributed by atoms with Crippen molar-refractivity contribution in [3.05, 3.63) is 65.0 Å². The van der Waals surface area contributed by atoms with E-state index in [2.05, 4.69) is 25.6 Å². The number of hydrogen-bond donors (Lipinski definition) is 2. The van der Waals surface area contributed by atoms with Crippen LogP contribution >= 0.6 is 0 Å². The smallest absolute Gasteiger partial charge is 0.254 e. The second-order valence-corrected chi connectivity index (χ2v) is 7.24. The molecule has 2 N–H and O–H groups in total. The summed E-state index contributed by atoms with van der Waals surface area (Å²) in [5, 5.41) is 5.86. The van der Waals surface area contributed by atoms with E-state index in [1.807, 2.05) is 19.2 Å². The Kier molecular flexibility index (Phi) is 3.82. The number of benzene rings is 1. The minimum absolute atomic E-state index is 0.130. The van der Waals surface area contributed by atoms with E-state index in [0.717, 1.165) is 22.4 Å². The standard InChI is InChI=1S/C21H18FN5O/c1-11-6-18(27-19-10-23-17(9-25-19)12-2-3-12)24-7-14(11)13-4-5-16(22)20-15(13)8-26-21(20)28/h4-7,9-10,12H,2-3,8H2,1H3,(H,26,28)(H,24,25,27). The topological polar surface area (TPSA) is 79.8 Å². The van der Waals surface area contributed by atoms with Gasteiger partial charge in [0.15, 0.2) is 0 Å². The van der Waals surface area contributed by atoms with Gasteiger partial charge in [0.25, 0.3) is 5.91 Å². The molecule has 7 heteroatoms. The van der Waals surface area contributed by atoms with E-state index in [0.29, 0.717) is 29.7 Å². The normalized spacial score (nSPS) is 15.3. The molecule has 140 valence electrons. The van der Waals surface area contributed by atoms with Crippen LogP contribution in [0.25, 0.3) is 11.1 Å². The van der Waals surface area contributed by atoms with Crippen LogP contribution in [0.15, 0.2) is 36.8 Å². The Balaban J connectivity index is 1.43. The number of pyridine rings is 1. The molecule has 0 radical (unpaired) electrons. The molecule has 1 aliphatic heterocycles. The number of rotatable bonds is 4. The van der Waals surface area contributed by atoms with Crippen molar-refractivity contribution < 1.29 is 9.18 Å². The number of aryl methyl sites for hydroxylation is 1. The van der Waals surface area contributed by atoms with Gasteiger partial charge in [0.2, 0.25) is 0 Å². The largest absolute Gasteiger partial charge is 0.348 e. The maximum atomic E-state index is 14.0. The first-order valence-electron chi connectivity index (χ1n) is 9.25. The number of carbonyl (C=O) groups is 1. The molecule has 3 heterocycles. The van der Waals surface area contributed by atoms with Gasteiger partial charge in [0.05, 0.1) is 23.7 Å². The molecule has 3 aromatic rings. The van der Waals surface area contributed by atoms with Crippen molar-refractivity contribution in [2.75, 3.05) is 5.32 Å². The van der Waals surface area contributed by atoms with E-state index in [-0.39, 0.29) is 11.5 Å². The number of fused-ring (bicyclic) bond motifs is 1. The van der Waals surface area contributed by atoms with Crippen LogP contribution in [-0.2, 0) is 6.54 Å². The maximum Gasteiger partial charge on any atom is 0.254 e. The van der Waals surface area contributed by atoms with Gasteiger partial charge in [-0.2, -0.15) is 0 Å². The van der Waals surface area contributed by atoms with E-state index >= 15 is 0 Å².